The first-order valence-electron chi connectivity index (χ1n) is 4.79. The second kappa shape index (κ2) is 2.84. The third kappa shape index (κ3) is 1.91. The van der Waals surface area contributed by atoms with Gasteiger partial charge in [0.1, 0.15) is 0 Å². The maximum absolute atomic E-state index is 10.1. The van der Waals surface area contributed by atoms with Crippen LogP contribution in [0.2, 0.25) is 0 Å². The Labute approximate surface area is 78.4 Å². The molecule has 0 saturated heterocycles. The summed E-state index contributed by atoms with van der Waals surface area (Å²) in [7, 11) is 1.90. The number of aromatic nitrogens is 2. The number of rotatable bonds is 3. The minimum atomic E-state index is -0.547. The number of nitrogens with zero attached hydrogens (tertiary/aromatic N) is 2. The van der Waals surface area contributed by atoms with Crippen LogP contribution in [0, 0.1) is 5.92 Å². The third-order valence-electron chi connectivity index (χ3n) is 2.76. The lowest BCUT2D eigenvalue weighted by Crippen LogP contribution is -2.30. The molecule has 1 aromatic rings. The van der Waals surface area contributed by atoms with Gasteiger partial charge in [0, 0.05) is 19.7 Å². The van der Waals surface area contributed by atoms with Gasteiger partial charge in [-0.3, -0.25) is 4.68 Å². The van der Waals surface area contributed by atoms with Crippen LogP contribution in [-0.2, 0) is 13.5 Å². The monoisotopic (exact) mass is 180 g/mol. The summed E-state index contributed by atoms with van der Waals surface area (Å²) in [4.78, 5) is 0. The zero-order valence-corrected chi connectivity index (χ0v) is 8.20. The number of aliphatic hydroxyl groups is 1. The number of hydrogen-bond donors (Lipinski definition) is 1. The van der Waals surface area contributed by atoms with E-state index in [2.05, 4.69) is 5.10 Å². The lowest BCUT2D eigenvalue weighted by molar-refractivity contribution is 0.0361. The SMILES string of the molecule is Cn1ccc(CC(C)(O)C2CC2)n1. The van der Waals surface area contributed by atoms with Gasteiger partial charge in [0.2, 0.25) is 0 Å². The van der Waals surface area contributed by atoms with Crippen LogP contribution in [0.3, 0.4) is 0 Å². The van der Waals surface area contributed by atoms with Crippen molar-refractivity contribution in [1.29, 1.82) is 0 Å². The largest absolute Gasteiger partial charge is 0.389 e. The average Bonchev–Trinajstić information content (AvgIpc) is 2.78. The molecule has 72 valence electrons. The molecule has 0 amide bonds. The van der Waals surface area contributed by atoms with Crippen molar-refractivity contribution in [3.8, 4) is 0 Å². The predicted molar refractivity (Wildman–Crippen MR) is 50.3 cm³/mol. The highest BCUT2D eigenvalue weighted by molar-refractivity contribution is 5.06. The fraction of sp³-hybridized carbons (Fsp3) is 0.700. The fourth-order valence-electron chi connectivity index (χ4n) is 1.77. The van der Waals surface area contributed by atoms with Crippen molar-refractivity contribution in [2.45, 2.75) is 31.8 Å². The normalized spacial score (nSPS) is 21.5. The van der Waals surface area contributed by atoms with E-state index in [0.29, 0.717) is 12.3 Å². The fourth-order valence-corrected chi connectivity index (χ4v) is 1.77. The summed E-state index contributed by atoms with van der Waals surface area (Å²) in [5.41, 5.74) is 0.438. The van der Waals surface area contributed by atoms with Crippen LogP contribution < -0.4 is 0 Å². The van der Waals surface area contributed by atoms with E-state index in [4.69, 9.17) is 0 Å². The van der Waals surface area contributed by atoms with Crippen molar-refractivity contribution >= 4 is 0 Å². The first-order chi connectivity index (χ1) is 6.08. The van der Waals surface area contributed by atoms with Gasteiger partial charge in [-0.25, -0.2) is 0 Å². The zero-order valence-electron chi connectivity index (χ0n) is 8.20. The molecule has 3 nitrogen and oxygen atoms in total. The average molecular weight is 180 g/mol. The van der Waals surface area contributed by atoms with Crippen LogP contribution >= 0.6 is 0 Å². The third-order valence-corrected chi connectivity index (χ3v) is 2.76. The van der Waals surface area contributed by atoms with E-state index in [1.807, 2.05) is 26.2 Å². The summed E-state index contributed by atoms with van der Waals surface area (Å²) in [6.07, 6.45) is 4.93. The molecule has 1 atom stereocenters. The minimum Gasteiger partial charge on any atom is -0.389 e. The Bertz CT molecular complexity index is 300. The number of aryl methyl sites for hydroxylation is 1. The van der Waals surface area contributed by atoms with Gasteiger partial charge in [-0.2, -0.15) is 5.10 Å². The highest BCUT2D eigenvalue weighted by Crippen LogP contribution is 2.40. The van der Waals surface area contributed by atoms with Gasteiger partial charge in [0.15, 0.2) is 0 Å². The van der Waals surface area contributed by atoms with Gasteiger partial charge in [-0.05, 0) is 31.7 Å². The van der Waals surface area contributed by atoms with Gasteiger partial charge in [-0.1, -0.05) is 0 Å². The molecule has 1 unspecified atom stereocenters. The van der Waals surface area contributed by atoms with Crippen molar-refractivity contribution in [3.05, 3.63) is 18.0 Å². The lowest BCUT2D eigenvalue weighted by Gasteiger charge is -2.21. The molecule has 0 aromatic carbocycles. The Balaban J connectivity index is 2.04. The van der Waals surface area contributed by atoms with Crippen LogP contribution in [0.25, 0.3) is 0 Å². The van der Waals surface area contributed by atoms with E-state index in [0.717, 1.165) is 5.69 Å². The van der Waals surface area contributed by atoms with Gasteiger partial charge < -0.3 is 5.11 Å². The first-order valence-corrected chi connectivity index (χ1v) is 4.79. The van der Waals surface area contributed by atoms with E-state index >= 15 is 0 Å². The maximum atomic E-state index is 10.1. The van der Waals surface area contributed by atoms with Crippen molar-refractivity contribution in [1.82, 2.24) is 9.78 Å². The summed E-state index contributed by atoms with van der Waals surface area (Å²) in [6.45, 7) is 1.92. The van der Waals surface area contributed by atoms with Crippen molar-refractivity contribution in [2.75, 3.05) is 0 Å². The second-order valence-electron chi connectivity index (χ2n) is 4.29. The van der Waals surface area contributed by atoms with Crippen LogP contribution in [0.4, 0.5) is 0 Å². The first kappa shape index (κ1) is 8.75. The molecule has 0 bridgehead atoms. The molecule has 13 heavy (non-hydrogen) atoms. The summed E-state index contributed by atoms with van der Waals surface area (Å²) in [5, 5.41) is 14.3. The van der Waals surface area contributed by atoms with E-state index < -0.39 is 5.60 Å². The molecule has 1 aliphatic carbocycles. The molecule has 2 rings (SSSR count). The molecule has 0 radical (unpaired) electrons. The molecule has 1 saturated carbocycles. The highest BCUT2D eigenvalue weighted by Gasteiger charge is 2.40. The lowest BCUT2D eigenvalue weighted by atomic mass is 9.95. The summed E-state index contributed by atoms with van der Waals surface area (Å²) < 4.78 is 1.78. The predicted octanol–water partition coefficient (Wildman–Crippen LogP) is 1.12. The molecule has 3 heteroatoms. The molecule has 1 aliphatic rings. The van der Waals surface area contributed by atoms with E-state index in [1.165, 1.54) is 12.8 Å². The smallest absolute Gasteiger partial charge is 0.0703 e. The van der Waals surface area contributed by atoms with Crippen LogP contribution in [-0.4, -0.2) is 20.5 Å². The van der Waals surface area contributed by atoms with Gasteiger partial charge in [0.25, 0.3) is 0 Å². The molecule has 1 fully saturated rings. The van der Waals surface area contributed by atoms with Crippen LogP contribution in [0.5, 0.6) is 0 Å². The van der Waals surface area contributed by atoms with Crippen molar-refractivity contribution in [3.63, 3.8) is 0 Å². The van der Waals surface area contributed by atoms with Crippen molar-refractivity contribution < 1.29 is 5.11 Å². The number of hydrogen-bond acceptors (Lipinski definition) is 2. The second-order valence-corrected chi connectivity index (χ2v) is 4.29. The van der Waals surface area contributed by atoms with Crippen LogP contribution in [0.15, 0.2) is 12.3 Å². The Morgan fingerprint density at radius 1 is 1.69 bits per heavy atom. The molecule has 0 spiro atoms. The summed E-state index contributed by atoms with van der Waals surface area (Å²) in [5.74, 6) is 0.495. The standard InChI is InChI=1S/C10H16N2O/c1-10(13,8-3-4-8)7-9-5-6-12(2)11-9/h5-6,8,13H,3-4,7H2,1-2H3. The molecule has 1 heterocycles. The Kier molecular flexibility index (Phi) is 1.91. The Morgan fingerprint density at radius 2 is 2.38 bits per heavy atom. The van der Waals surface area contributed by atoms with Crippen molar-refractivity contribution in [2.24, 2.45) is 13.0 Å². The Hall–Kier alpha value is -0.830. The molecule has 0 aliphatic heterocycles. The minimum absolute atomic E-state index is 0.495. The quantitative estimate of drug-likeness (QED) is 0.757. The molecule has 1 aromatic heterocycles. The Morgan fingerprint density at radius 3 is 2.85 bits per heavy atom. The zero-order chi connectivity index (χ0) is 9.47. The van der Waals surface area contributed by atoms with Crippen LogP contribution in [0.1, 0.15) is 25.5 Å². The van der Waals surface area contributed by atoms with E-state index in [-0.39, 0.29) is 0 Å². The topological polar surface area (TPSA) is 38.0 Å². The van der Waals surface area contributed by atoms with Gasteiger partial charge >= 0.3 is 0 Å². The summed E-state index contributed by atoms with van der Waals surface area (Å²) in [6, 6.07) is 1.97. The molecular weight excluding hydrogens is 164 g/mol. The molecule has 1 N–H and O–H groups in total. The molecular formula is C10H16N2O. The van der Waals surface area contributed by atoms with Gasteiger partial charge in [-0.15, -0.1) is 0 Å². The van der Waals surface area contributed by atoms with E-state index in [9.17, 15) is 5.11 Å². The van der Waals surface area contributed by atoms with Gasteiger partial charge in [0.05, 0.1) is 11.3 Å². The highest BCUT2D eigenvalue weighted by atomic mass is 16.3. The summed E-state index contributed by atoms with van der Waals surface area (Å²) >= 11 is 0. The maximum Gasteiger partial charge on any atom is 0.0703 e. The van der Waals surface area contributed by atoms with E-state index in [1.54, 1.807) is 4.68 Å².